The number of nitrogens with one attached hydrogen (secondary N) is 1. The number of nitrogens with two attached hydrogens (primary N) is 1. The third-order valence-corrected chi connectivity index (χ3v) is 2.32. The smallest absolute Gasteiger partial charge is 0.226 e. The minimum Gasteiger partial charge on any atom is -0.393 e. The monoisotopic (exact) mass is 230 g/mol. The zero-order valence-electron chi connectivity index (χ0n) is 8.83. The highest BCUT2D eigenvalue weighted by Crippen LogP contribution is 2.28. The molecular formula is C10H18N2O2S. The van der Waals surface area contributed by atoms with Crippen molar-refractivity contribution in [2.75, 3.05) is 19.8 Å². The molecule has 0 aliphatic heterocycles. The molecule has 1 amide bonds. The summed E-state index contributed by atoms with van der Waals surface area (Å²) >= 11 is 4.62. The van der Waals surface area contributed by atoms with E-state index < -0.39 is 0 Å². The van der Waals surface area contributed by atoms with Crippen molar-refractivity contribution in [2.24, 2.45) is 11.7 Å². The molecule has 0 aromatic rings. The van der Waals surface area contributed by atoms with Gasteiger partial charge in [-0.05, 0) is 25.2 Å². The van der Waals surface area contributed by atoms with Crippen LogP contribution >= 0.6 is 12.2 Å². The molecule has 0 unspecified atom stereocenters. The van der Waals surface area contributed by atoms with Crippen LogP contribution in [0, 0.1) is 5.92 Å². The molecule has 15 heavy (non-hydrogen) atoms. The summed E-state index contributed by atoms with van der Waals surface area (Å²) in [4.78, 5) is 11.3. The first-order valence-corrected chi connectivity index (χ1v) is 5.72. The fourth-order valence-electron chi connectivity index (χ4n) is 1.16. The summed E-state index contributed by atoms with van der Waals surface area (Å²) in [5, 5.41) is 2.73. The molecular weight excluding hydrogens is 212 g/mol. The van der Waals surface area contributed by atoms with E-state index in [1.807, 2.05) is 0 Å². The van der Waals surface area contributed by atoms with Crippen molar-refractivity contribution < 1.29 is 9.53 Å². The first-order valence-electron chi connectivity index (χ1n) is 5.31. The molecule has 86 valence electrons. The first-order chi connectivity index (χ1) is 7.18. The average Bonchev–Trinajstić information content (AvgIpc) is 2.93. The van der Waals surface area contributed by atoms with Gasteiger partial charge in [-0.3, -0.25) is 4.79 Å². The Bertz CT molecular complexity index is 229. The van der Waals surface area contributed by atoms with Crippen LogP contribution in [0.3, 0.4) is 0 Å². The van der Waals surface area contributed by atoms with Gasteiger partial charge in [-0.2, -0.15) is 0 Å². The third kappa shape index (κ3) is 7.27. The lowest BCUT2D eigenvalue weighted by Gasteiger charge is -2.05. The lowest BCUT2D eigenvalue weighted by atomic mass is 10.4. The zero-order chi connectivity index (χ0) is 11.1. The third-order valence-electron chi connectivity index (χ3n) is 2.17. The molecule has 5 heteroatoms. The van der Waals surface area contributed by atoms with Gasteiger partial charge >= 0.3 is 0 Å². The van der Waals surface area contributed by atoms with Crippen molar-refractivity contribution in [3.8, 4) is 0 Å². The standard InChI is InChI=1S/C10H18N2O2S/c11-9(15)6-10(13)12-4-1-5-14-7-8-2-3-8/h8H,1-7H2,(H2,11,15)(H,12,13). The molecule has 1 aliphatic rings. The van der Waals surface area contributed by atoms with Crippen LogP contribution in [-0.4, -0.2) is 30.7 Å². The van der Waals surface area contributed by atoms with Crippen molar-refractivity contribution in [2.45, 2.75) is 25.7 Å². The van der Waals surface area contributed by atoms with E-state index in [-0.39, 0.29) is 17.3 Å². The van der Waals surface area contributed by atoms with E-state index >= 15 is 0 Å². The highest BCUT2D eigenvalue weighted by atomic mass is 32.1. The molecule has 0 radical (unpaired) electrons. The van der Waals surface area contributed by atoms with Gasteiger partial charge in [0.15, 0.2) is 0 Å². The van der Waals surface area contributed by atoms with Gasteiger partial charge in [0.1, 0.15) is 0 Å². The molecule has 0 aromatic heterocycles. The zero-order valence-corrected chi connectivity index (χ0v) is 9.65. The van der Waals surface area contributed by atoms with Gasteiger partial charge in [-0.1, -0.05) is 12.2 Å². The highest BCUT2D eigenvalue weighted by molar-refractivity contribution is 7.80. The summed E-state index contributed by atoms with van der Waals surface area (Å²) in [5.41, 5.74) is 5.23. The van der Waals surface area contributed by atoms with Gasteiger partial charge in [0.05, 0.1) is 11.4 Å². The summed E-state index contributed by atoms with van der Waals surface area (Å²) in [6.07, 6.45) is 3.60. The molecule has 0 bridgehead atoms. The van der Waals surface area contributed by atoms with Crippen LogP contribution in [0.5, 0.6) is 0 Å². The van der Waals surface area contributed by atoms with Crippen LogP contribution in [0.4, 0.5) is 0 Å². The van der Waals surface area contributed by atoms with Crippen molar-refractivity contribution in [1.82, 2.24) is 5.32 Å². The number of hydrogen-bond acceptors (Lipinski definition) is 3. The van der Waals surface area contributed by atoms with E-state index in [1.54, 1.807) is 0 Å². The van der Waals surface area contributed by atoms with Crippen molar-refractivity contribution in [3.63, 3.8) is 0 Å². The van der Waals surface area contributed by atoms with Gasteiger partial charge in [0.25, 0.3) is 0 Å². The molecule has 0 aromatic carbocycles. The number of ether oxygens (including phenoxy) is 1. The van der Waals surface area contributed by atoms with Crippen molar-refractivity contribution in [1.29, 1.82) is 0 Å². The quantitative estimate of drug-likeness (QED) is 0.473. The van der Waals surface area contributed by atoms with E-state index in [9.17, 15) is 4.79 Å². The Hall–Kier alpha value is -0.680. The lowest BCUT2D eigenvalue weighted by Crippen LogP contribution is -2.28. The van der Waals surface area contributed by atoms with E-state index in [4.69, 9.17) is 10.5 Å². The lowest BCUT2D eigenvalue weighted by molar-refractivity contribution is -0.119. The minimum atomic E-state index is -0.107. The number of rotatable bonds is 8. The molecule has 0 saturated heterocycles. The Morgan fingerprint density at radius 1 is 1.53 bits per heavy atom. The van der Waals surface area contributed by atoms with Crippen molar-refractivity contribution >= 4 is 23.1 Å². The Labute approximate surface area is 95.5 Å². The molecule has 0 heterocycles. The maximum Gasteiger partial charge on any atom is 0.226 e. The summed E-state index contributed by atoms with van der Waals surface area (Å²) in [5.74, 6) is 0.693. The van der Waals surface area contributed by atoms with Crippen LogP contribution in [0.1, 0.15) is 25.7 Å². The second-order valence-electron chi connectivity index (χ2n) is 3.86. The predicted molar refractivity (Wildman–Crippen MR) is 62.6 cm³/mol. The van der Waals surface area contributed by atoms with Gasteiger partial charge in [-0.15, -0.1) is 0 Å². The van der Waals surface area contributed by atoms with Gasteiger partial charge in [0.2, 0.25) is 5.91 Å². The second kappa shape index (κ2) is 6.74. The molecule has 0 spiro atoms. The number of hydrogen-bond donors (Lipinski definition) is 2. The second-order valence-corrected chi connectivity index (χ2v) is 4.39. The molecule has 1 fully saturated rings. The van der Waals surface area contributed by atoms with E-state index in [2.05, 4.69) is 17.5 Å². The molecule has 1 aliphatic carbocycles. The number of amides is 1. The summed E-state index contributed by atoms with van der Waals surface area (Å²) < 4.78 is 5.42. The van der Waals surface area contributed by atoms with E-state index in [1.165, 1.54) is 12.8 Å². The topological polar surface area (TPSA) is 64.4 Å². The largest absolute Gasteiger partial charge is 0.393 e. The SMILES string of the molecule is NC(=S)CC(=O)NCCCOCC1CC1. The highest BCUT2D eigenvalue weighted by Gasteiger charge is 2.20. The maximum atomic E-state index is 11.1. The Morgan fingerprint density at radius 3 is 2.87 bits per heavy atom. The van der Waals surface area contributed by atoms with Gasteiger partial charge in [-0.25, -0.2) is 0 Å². The van der Waals surface area contributed by atoms with Crippen LogP contribution in [0.25, 0.3) is 0 Å². The molecule has 1 saturated carbocycles. The first kappa shape index (κ1) is 12.4. The van der Waals surface area contributed by atoms with Crippen LogP contribution in [0.15, 0.2) is 0 Å². The predicted octanol–water partition coefficient (Wildman–Crippen LogP) is 0.595. The average molecular weight is 230 g/mol. The Balaban J connectivity index is 1.82. The summed E-state index contributed by atoms with van der Waals surface area (Å²) in [6, 6.07) is 0. The fourth-order valence-corrected chi connectivity index (χ4v) is 1.29. The molecule has 0 atom stereocenters. The van der Waals surface area contributed by atoms with E-state index in [0.717, 1.165) is 18.9 Å². The maximum absolute atomic E-state index is 11.1. The summed E-state index contributed by atoms with van der Waals surface area (Å²) in [6.45, 7) is 2.22. The number of thiocarbonyl (C=S) groups is 1. The normalized spacial score (nSPS) is 14.9. The van der Waals surface area contributed by atoms with Gasteiger partial charge < -0.3 is 15.8 Å². The van der Waals surface area contributed by atoms with Crippen LogP contribution in [0.2, 0.25) is 0 Å². The van der Waals surface area contributed by atoms with Crippen LogP contribution < -0.4 is 11.1 Å². The molecule has 4 nitrogen and oxygen atoms in total. The summed E-state index contributed by atoms with van der Waals surface area (Å²) in [7, 11) is 0. The Kier molecular flexibility index (Phi) is 5.57. The minimum absolute atomic E-state index is 0.107. The van der Waals surface area contributed by atoms with Crippen LogP contribution in [-0.2, 0) is 9.53 Å². The number of carbonyl (C=O) groups excluding carboxylic acids is 1. The molecule has 3 N–H and O–H groups in total. The Morgan fingerprint density at radius 2 is 2.27 bits per heavy atom. The van der Waals surface area contributed by atoms with Gasteiger partial charge in [0, 0.05) is 19.8 Å². The number of carbonyl (C=O) groups is 1. The van der Waals surface area contributed by atoms with E-state index in [0.29, 0.717) is 13.2 Å². The van der Waals surface area contributed by atoms with Crippen molar-refractivity contribution in [3.05, 3.63) is 0 Å². The molecule has 1 rings (SSSR count). The fraction of sp³-hybridized carbons (Fsp3) is 0.800.